The van der Waals surface area contributed by atoms with Gasteiger partial charge in [-0.05, 0) is 68.0 Å². The van der Waals surface area contributed by atoms with E-state index in [4.69, 9.17) is 21.4 Å². The third-order valence-electron chi connectivity index (χ3n) is 6.88. The molecule has 7 nitrogen and oxygen atoms in total. The normalized spacial score (nSPS) is 15.0. The van der Waals surface area contributed by atoms with Gasteiger partial charge in [0.2, 0.25) is 0 Å². The maximum atomic E-state index is 14.1. The van der Waals surface area contributed by atoms with Crippen LogP contribution in [0.5, 0.6) is 0 Å². The number of thiazole rings is 1. The molecule has 0 saturated carbocycles. The highest BCUT2D eigenvalue weighted by Gasteiger charge is 2.34. The molecule has 2 aromatic heterocycles. The van der Waals surface area contributed by atoms with Crippen LogP contribution in [-0.4, -0.2) is 26.9 Å². The Kier molecular flexibility index (Phi) is 7.45. The molecule has 0 aliphatic carbocycles. The zero-order chi connectivity index (χ0) is 29.4. The molecular formula is C32H24ClFN4O3S. The molecule has 0 saturated heterocycles. The van der Waals surface area contributed by atoms with E-state index in [2.05, 4.69) is 4.99 Å². The van der Waals surface area contributed by atoms with E-state index in [0.29, 0.717) is 42.4 Å². The van der Waals surface area contributed by atoms with Crippen molar-refractivity contribution < 1.29 is 13.9 Å². The van der Waals surface area contributed by atoms with Crippen LogP contribution < -0.4 is 14.9 Å². The highest BCUT2D eigenvalue weighted by Crippen LogP contribution is 2.34. The molecule has 0 fully saturated rings. The number of nitrogens with zero attached hydrogens (tertiary/aromatic N) is 4. The van der Waals surface area contributed by atoms with Crippen molar-refractivity contribution in [1.82, 2.24) is 14.3 Å². The number of aromatic nitrogens is 3. The van der Waals surface area contributed by atoms with E-state index < -0.39 is 12.0 Å². The number of benzene rings is 3. The van der Waals surface area contributed by atoms with Gasteiger partial charge in [0.15, 0.2) is 4.80 Å². The molecule has 3 aromatic carbocycles. The van der Waals surface area contributed by atoms with Crippen LogP contribution in [0.2, 0.25) is 5.02 Å². The lowest BCUT2D eigenvalue weighted by atomic mass is 9.96. The number of hydrogen-bond donors (Lipinski definition) is 0. The predicted molar refractivity (Wildman–Crippen MR) is 161 cm³/mol. The zero-order valence-corrected chi connectivity index (χ0v) is 24.2. The summed E-state index contributed by atoms with van der Waals surface area (Å²) < 4.78 is 22.7. The monoisotopic (exact) mass is 598 g/mol. The van der Waals surface area contributed by atoms with Gasteiger partial charge in [-0.15, -0.1) is 0 Å². The van der Waals surface area contributed by atoms with Crippen molar-refractivity contribution in [2.45, 2.75) is 19.9 Å². The molecule has 5 aromatic rings. The molecule has 0 N–H and O–H groups in total. The second kappa shape index (κ2) is 11.3. The Bertz CT molecular complexity index is 2030. The largest absolute Gasteiger partial charge is 0.463 e. The molecule has 0 radical (unpaired) electrons. The first-order valence-electron chi connectivity index (χ1n) is 13.2. The van der Waals surface area contributed by atoms with Crippen molar-refractivity contribution >= 4 is 35.0 Å². The lowest BCUT2D eigenvalue weighted by Crippen LogP contribution is -2.40. The highest BCUT2D eigenvalue weighted by atomic mass is 35.5. The molecule has 10 heteroatoms. The van der Waals surface area contributed by atoms with E-state index in [0.717, 1.165) is 5.69 Å². The Morgan fingerprint density at radius 2 is 1.79 bits per heavy atom. The predicted octanol–water partition coefficient (Wildman–Crippen LogP) is 5.44. The smallest absolute Gasteiger partial charge is 0.338 e. The van der Waals surface area contributed by atoms with Crippen molar-refractivity contribution in [3.05, 3.63) is 138 Å². The fourth-order valence-corrected chi connectivity index (χ4v) is 6.24. The summed E-state index contributed by atoms with van der Waals surface area (Å²) in [4.78, 5) is 32.3. The fraction of sp³-hybridized carbons (Fsp3) is 0.125. The SMILES string of the molecule is CCOC(=O)C1=C(C)N=c2s/c(=C/c3cn(-c4ccccc4)nc3-c3ccc(F)cc3)c(=O)n2C1c1ccccc1Cl. The third kappa shape index (κ3) is 5.01. The standard InChI is InChI=1S/C32H24ClFN4O3S/c1-3-41-31(40)27-19(2)35-32-38(29(27)24-11-7-8-12-25(24)33)30(39)26(42-32)17-21-18-37(23-9-5-4-6-10-23)36-28(21)20-13-15-22(34)16-14-20/h4-18,29H,3H2,1-2H3/b26-17+. The fourth-order valence-electron chi connectivity index (χ4n) is 4.96. The van der Waals surface area contributed by atoms with Crippen LogP contribution in [0.1, 0.15) is 31.0 Å². The number of carbonyl (C=O) groups is 1. The van der Waals surface area contributed by atoms with Crippen molar-refractivity contribution in [3.8, 4) is 16.9 Å². The summed E-state index contributed by atoms with van der Waals surface area (Å²) in [6.07, 6.45) is 3.58. The summed E-state index contributed by atoms with van der Waals surface area (Å²) in [5.41, 5.74) is 3.73. The van der Waals surface area contributed by atoms with Gasteiger partial charge in [0.05, 0.1) is 28.1 Å². The number of ether oxygens (including phenoxy) is 1. The van der Waals surface area contributed by atoms with E-state index in [1.54, 1.807) is 54.9 Å². The van der Waals surface area contributed by atoms with Gasteiger partial charge in [-0.2, -0.15) is 5.10 Å². The molecule has 1 unspecified atom stereocenters. The molecule has 3 heterocycles. The van der Waals surface area contributed by atoms with Crippen LogP contribution in [0.15, 0.2) is 106 Å². The van der Waals surface area contributed by atoms with E-state index in [9.17, 15) is 14.0 Å². The summed E-state index contributed by atoms with van der Waals surface area (Å²) in [5, 5.41) is 5.19. The van der Waals surface area contributed by atoms with Crippen LogP contribution >= 0.6 is 22.9 Å². The summed E-state index contributed by atoms with van der Waals surface area (Å²) in [7, 11) is 0. The van der Waals surface area contributed by atoms with Crippen LogP contribution in [0.25, 0.3) is 23.0 Å². The minimum absolute atomic E-state index is 0.173. The van der Waals surface area contributed by atoms with Gasteiger partial charge in [-0.1, -0.05) is 59.3 Å². The molecular weight excluding hydrogens is 575 g/mol. The summed E-state index contributed by atoms with van der Waals surface area (Å²) in [5.74, 6) is -0.913. The number of para-hydroxylation sites is 1. The minimum atomic E-state index is -0.820. The summed E-state index contributed by atoms with van der Waals surface area (Å²) in [6.45, 7) is 3.62. The maximum absolute atomic E-state index is 14.1. The number of allylic oxidation sites excluding steroid dienone is 1. The average Bonchev–Trinajstić information content (AvgIpc) is 3.54. The first-order chi connectivity index (χ1) is 20.4. The number of rotatable bonds is 6. The van der Waals surface area contributed by atoms with Crippen LogP contribution in [0, 0.1) is 5.82 Å². The Morgan fingerprint density at radius 3 is 2.50 bits per heavy atom. The van der Waals surface area contributed by atoms with Gasteiger partial charge in [-0.25, -0.2) is 18.9 Å². The van der Waals surface area contributed by atoms with E-state index in [1.165, 1.54) is 28.0 Å². The van der Waals surface area contributed by atoms with Gasteiger partial charge in [-0.3, -0.25) is 9.36 Å². The van der Waals surface area contributed by atoms with E-state index >= 15 is 0 Å². The quantitative estimate of drug-likeness (QED) is 0.244. The summed E-state index contributed by atoms with van der Waals surface area (Å²) >= 11 is 7.81. The maximum Gasteiger partial charge on any atom is 0.338 e. The van der Waals surface area contributed by atoms with Gasteiger partial charge in [0, 0.05) is 22.3 Å². The molecule has 210 valence electrons. The number of fused-ring (bicyclic) bond motifs is 1. The molecule has 0 amide bonds. The number of hydrogen-bond acceptors (Lipinski definition) is 6. The number of carbonyl (C=O) groups excluding carboxylic acids is 1. The van der Waals surface area contributed by atoms with Crippen LogP contribution in [0.3, 0.4) is 0 Å². The molecule has 1 aliphatic rings. The van der Waals surface area contributed by atoms with E-state index in [-0.39, 0.29) is 23.6 Å². The number of esters is 1. The van der Waals surface area contributed by atoms with Crippen LogP contribution in [-0.2, 0) is 9.53 Å². The summed E-state index contributed by atoms with van der Waals surface area (Å²) in [6, 6.07) is 21.9. The third-order valence-corrected chi connectivity index (χ3v) is 8.21. The van der Waals surface area contributed by atoms with Crippen molar-refractivity contribution in [2.24, 2.45) is 4.99 Å². The first kappa shape index (κ1) is 27.6. The molecule has 0 bridgehead atoms. The first-order valence-corrected chi connectivity index (χ1v) is 14.4. The molecule has 0 spiro atoms. The molecule has 1 atom stereocenters. The van der Waals surface area contributed by atoms with Crippen molar-refractivity contribution in [3.63, 3.8) is 0 Å². The minimum Gasteiger partial charge on any atom is -0.463 e. The van der Waals surface area contributed by atoms with Gasteiger partial charge in [0.25, 0.3) is 5.56 Å². The highest BCUT2D eigenvalue weighted by molar-refractivity contribution is 7.07. The van der Waals surface area contributed by atoms with Gasteiger partial charge in [0.1, 0.15) is 17.6 Å². The second-order valence-corrected chi connectivity index (χ2v) is 11.0. The lowest BCUT2D eigenvalue weighted by molar-refractivity contribution is -0.139. The Balaban J connectivity index is 1.57. The zero-order valence-electron chi connectivity index (χ0n) is 22.6. The van der Waals surface area contributed by atoms with E-state index in [1.807, 2.05) is 42.6 Å². The van der Waals surface area contributed by atoms with Gasteiger partial charge >= 0.3 is 5.97 Å². The Labute approximate surface area is 249 Å². The Morgan fingerprint density at radius 1 is 1.07 bits per heavy atom. The van der Waals surface area contributed by atoms with Crippen LogP contribution in [0.4, 0.5) is 4.39 Å². The second-order valence-electron chi connectivity index (χ2n) is 9.54. The van der Waals surface area contributed by atoms with Crippen molar-refractivity contribution in [2.75, 3.05) is 6.61 Å². The van der Waals surface area contributed by atoms with Gasteiger partial charge < -0.3 is 4.74 Å². The lowest BCUT2D eigenvalue weighted by Gasteiger charge is -2.25. The number of halogens is 2. The van der Waals surface area contributed by atoms with Crippen molar-refractivity contribution in [1.29, 1.82) is 0 Å². The Hall–Kier alpha value is -4.60. The molecule has 42 heavy (non-hydrogen) atoms. The molecule has 1 aliphatic heterocycles. The topological polar surface area (TPSA) is 78.5 Å². The molecule has 6 rings (SSSR count). The average molecular weight is 599 g/mol.